The van der Waals surface area contributed by atoms with Crippen LogP contribution in [0.1, 0.15) is 33.1 Å². The van der Waals surface area contributed by atoms with E-state index in [1.807, 2.05) is 13.8 Å². The van der Waals surface area contributed by atoms with Crippen molar-refractivity contribution in [3.05, 3.63) is 0 Å². The summed E-state index contributed by atoms with van der Waals surface area (Å²) < 4.78 is 5.31. The Hall–Kier alpha value is -1.14. The van der Waals surface area contributed by atoms with Crippen LogP contribution in [0.25, 0.3) is 0 Å². The molecule has 0 unspecified atom stereocenters. The van der Waals surface area contributed by atoms with E-state index in [1.54, 1.807) is 9.80 Å². The molecule has 0 spiro atoms. The number of carbonyl (C=O) groups is 2. The Morgan fingerprint density at radius 1 is 1.24 bits per heavy atom. The number of nitrogens with zero attached hydrogens (tertiary/aromatic N) is 2. The van der Waals surface area contributed by atoms with Gasteiger partial charge in [-0.3, -0.25) is 9.59 Å². The molecule has 0 aromatic carbocycles. The van der Waals surface area contributed by atoms with Gasteiger partial charge in [0, 0.05) is 44.8 Å². The Kier molecular flexibility index (Phi) is 5.58. The summed E-state index contributed by atoms with van der Waals surface area (Å²) >= 11 is 0. The van der Waals surface area contributed by atoms with Gasteiger partial charge >= 0.3 is 0 Å². The van der Waals surface area contributed by atoms with Crippen LogP contribution in [0.3, 0.4) is 0 Å². The predicted molar refractivity (Wildman–Crippen MR) is 79.6 cm³/mol. The lowest BCUT2D eigenvalue weighted by Gasteiger charge is -2.32. The molecule has 2 atom stereocenters. The fourth-order valence-corrected chi connectivity index (χ4v) is 3.27. The van der Waals surface area contributed by atoms with Gasteiger partial charge in [-0.1, -0.05) is 0 Å². The molecule has 2 aliphatic rings. The number of rotatable bonds is 4. The second-order valence-electron chi connectivity index (χ2n) is 5.90. The summed E-state index contributed by atoms with van der Waals surface area (Å²) in [6.45, 7) is 7.01. The minimum atomic E-state index is -0.379. The van der Waals surface area contributed by atoms with E-state index in [1.165, 1.54) is 0 Å². The highest BCUT2D eigenvalue weighted by Crippen LogP contribution is 2.25. The zero-order chi connectivity index (χ0) is 15.4. The van der Waals surface area contributed by atoms with Crippen molar-refractivity contribution in [1.29, 1.82) is 0 Å². The average molecular weight is 297 g/mol. The Bertz CT molecular complexity index is 378. The molecule has 2 fully saturated rings. The van der Waals surface area contributed by atoms with Gasteiger partial charge in [0.1, 0.15) is 6.04 Å². The maximum Gasteiger partial charge on any atom is 0.245 e. The second kappa shape index (κ2) is 7.22. The molecule has 2 aliphatic heterocycles. The molecule has 6 nitrogen and oxygen atoms in total. The molecule has 0 aromatic rings. The first-order chi connectivity index (χ1) is 10.1. The highest BCUT2D eigenvalue weighted by Gasteiger charge is 2.41. The van der Waals surface area contributed by atoms with Crippen molar-refractivity contribution in [1.82, 2.24) is 9.80 Å². The third-order valence-electron chi connectivity index (χ3n) is 4.55. The molecule has 2 N–H and O–H groups in total. The molecule has 2 rings (SSSR count). The summed E-state index contributed by atoms with van der Waals surface area (Å²) in [5, 5.41) is 0. The van der Waals surface area contributed by atoms with E-state index in [0.717, 1.165) is 12.8 Å². The molecular formula is C15H27N3O3. The van der Waals surface area contributed by atoms with Crippen LogP contribution in [0.4, 0.5) is 0 Å². The summed E-state index contributed by atoms with van der Waals surface area (Å²) in [7, 11) is 0. The molecule has 2 saturated heterocycles. The van der Waals surface area contributed by atoms with Crippen LogP contribution >= 0.6 is 0 Å². The smallest absolute Gasteiger partial charge is 0.245 e. The lowest BCUT2D eigenvalue weighted by atomic mass is 9.98. The molecule has 21 heavy (non-hydrogen) atoms. The summed E-state index contributed by atoms with van der Waals surface area (Å²) in [6.07, 6.45) is 2.07. The largest absolute Gasteiger partial charge is 0.381 e. The minimum absolute atomic E-state index is 0.0175. The number of ether oxygens (including phenoxy) is 1. The van der Waals surface area contributed by atoms with Gasteiger partial charge in [-0.05, 0) is 33.1 Å². The number of amides is 2. The Balaban J connectivity index is 2.08. The van der Waals surface area contributed by atoms with E-state index in [4.69, 9.17) is 10.5 Å². The molecule has 120 valence electrons. The summed E-state index contributed by atoms with van der Waals surface area (Å²) in [6, 6.07) is -0.478. The molecular weight excluding hydrogens is 270 g/mol. The Morgan fingerprint density at radius 3 is 2.43 bits per heavy atom. The fourth-order valence-electron chi connectivity index (χ4n) is 3.27. The standard InChI is InChI=1S/C15H27N3O3/c1-3-17(4-2)15(20)13-9-12(16)10-18(13)14(19)11-5-7-21-8-6-11/h11-13H,3-10,16H2,1-2H3/t12-,13+/m1/s1. The number of hydrogen-bond acceptors (Lipinski definition) is 4. The normalized spacial score (nSPS) is 26.9. The molecule has 0 aliphatic carbocycles. The molecule has 2 heterocycles. The van der Waals surface area contributed by atoms with Gasteiger partial charge in [0.05, 0.1) is 0 Å². The van der Waals surface area contributed by atoms with E-state index < -0.39 is 0 Å². The first-order valence-electron chi connectivity index (χ1n) is 8.01. The predicted octanol–water partition coefficient (Wildman–Crippen LogP) is 0.210. The topological polar surface area (TPSA) is 75.9 Å². The number of nitrogens with two attached hydrogens (primary N) is 1. The van der Waals surface area contributed by atoms with E-state index >= 15 is 0 Å². The van der Waals surface area contributed by atoms with Crippen LogP contribution < -0.4 is 5.73 Å². The van der Waals surface area contributed by atoms with Crippen molar-refractivity contribution in [2.24, 2.45) is 11.7 Å². The van der Waals surface area contributed by atoms with Crippen LogP contribution in [0, 0.1) is 5.92 Å². The van der Waals surface area contributed by atoms with E-state index in [2.05, 4.69) is 0 Å². The van der Waals surface area contributed by atoms with Crippen LogP contribution in [0.2, 0.25) is 0 Å². The fraction of sp³-hybridized carbons (Fsp3) is 0.867. The second-order valence-corrected chi connectivity index (χ2v) is 5.90. The molecule has 0 aromatic heterocycles. The van der Waals surface area contributed by atoms with Gasteiger partial charge in [0.25, 0.3) is 0 Å². The third kappa shape index (κ3) is 3.55. The van der Waals surface area contributed by atoms with Crippen molar-refractivity contribution in [3.63, 3.8) is 0 Å². The molecule has 0 radical (unpaired) electrons. The summed E-state index contributed by atoms with van der Waals surface area (Å²) in [5.74, 6) is 0.0983. The first kappa shape index (κ1) is 16.2. The zero-order valence-corrected chi connectivity index (χ0v) is 13.1. The van der Waals surface area contributed by atoms with Crippen molar-refractivity contribution in [3.8, 4) is 0 Å². The number of likely N-dealkylation sites (N-methyl/N-ethyl adjacent to an activating group) is 1. The van der Waals surface area contributed by atoms with Crippen molar-refractivity contribution < 1.29 is 14.3 Å². The van der Waals surface area contributed by atoms with Crippen LogP contribution in [0.15, 0.2) is 0 Å². The van der Waals surface area contributed by atoms with E-state index in [-0.39, 0.29) is 29.8 Å². The van der Waals surface area contributed by atoms with Gasteiger partial charge in [-0.25, -0.2) is 0 Å². The maximum atomic E-state index is 12.7. The van der Waals surface area contributed by atoms with E-state index in [0.29, 0.717) is 39.3 Å². The monoisotopic (exact) mass is 297 g/mol. The number of likely N-dealkylation sites (tertiary alicyclic amines) is 1. The first-order valence-corrected chi connectivity index (χ1v) is 8.01. The van der Waals surface area contributed by atoms with Gasteiger partial charge in [0.2, 0.25) is 11.8 Å². The average Bonchev–Trinajstić information content (AvgIpc) is 2.90. The highest BCUT2D eigenvalue weighted by atomic mass is 16.5. The lowest BCUT2D eigenvalue weighted by Crippen LogP contribution is -2.49. The van der Waals surface area contributed by atoms with E-state index in [9.17, 15) is 9.59 Å². The Labute approximate surface area is 126 Å². The molecule has 6 heteroatoms. The number of carbonyl (C=O) groups excluding carboxylic acids is 2. The summed E-state index contributed by atoms with van der Waals surface area (Å²) in [4.78, 5) is 28.8. The summed E-state index contributed by atoms with van der Waals surface area (Å²) in [5.41, 5.74) is 6.01. The molecule has 2 amide bonds. The van der Waals surface area contributed by atoms with Crippen molar-refractivity contribution >= 4 is 11.8 Å². The van der Waals surface area contributed by atoms with Crippen LogP contribution in [0.5, 0.6) is 0 Å². The number of hydrogen-bond donors (Lipinski definition) is 1. The SMILES string of the molecule is CCN(CC)C(=O)[C@@H]1C[C@@H](N)CN1C(=O)C1CCOCC1. The van der Waals surface area contributed by atoms with Crippen LogP contribution in [-0.4, -0.2) is 66.5 Å². The van der Waals surface area contributed by atoms with Gasteiger partial charge in [-0.2, -0.15) is 0 Å². The van der Waals surface area contributed by atoms with Gasteiger partial charge in [0.15, 0.2) is 0 Å². The van der Waals surface area contributed by atoms with Crippen molar-refractivity contribution in [2.75, 3.05) is 32.8 Å². The zero-order valence-electron chi connectivity index (χ0n) is 13.1. The lowest BCUT2D eigenvalue weighted by molar-refractivity contribution is -0.147. The third-order valence-corrected chi connectivity index (χ3v) is 4.55. The Morgan fingerprint density at radius 2 is 1.86 bits per heavy atom. The maximum absolute atomic E-state index is 12.7. The van der Waals surface area contributed by atoms with Crippen molar-refractivity contribution in [2.45, 2.75) is 45.2 Å². The van der Waals surface area contributed by atoms with Gasteiger partial charge < -0.3 is 20.3 Å². The molecule has 0 bridgehead atoms. The minimum Gasteiger partial charge on any atom is -0.381 e. The highest BCUT2D eigenvalue weighted by molar-refractivity contribution is 5.89. The van der Waals surface area contributed by atoms with Gasteiger partial charge in [-0.15, -0.1) is 0 Å². The molecule has 0 saturated carbocycles. The van der Waals surface area contributed by atoms with Crippen LogP contribution in [-0.2, 0) is 14.3 Å². The quantitative estimate of drug-likeness (QED) is 0.805.